The molecule has 6 rings (SSSR count). The van der Waals surface area contributed by atoms with Gasteiger partial charge in [0.2, 0.25) is 20.0 Å². The Hall–Kier alpha value is -2.27. The summed E-state index contributed by atoms with van der Waals surface area (Å²) in [6.45, 7) is 3.01. The van der Waals surface area contributed by atoms with Crippen molar-refractivity contribution in [2.45, 2.75) is 55.4 Å². The van der Waals surface area contributed by atoms with E-state index in [1.807, 2.05) is 11.8 Å². The van der Waals surface area contributed by atoms with Crippen LogP contribution in [0.15, 0.2) is 17.2 Å². The molecule has 0 aromatic carbocycles. The van der Waals surface area contributed by atoms with Crippen LogP contribution >= 0.6 is 11.3 Å². The molecule has 4 heterocycles. The minimum absolute atomic E-state index is 0.0123. The van der Waals surface area contributed by atoms with E-state index < -0.39 is 37.0 Å². The molecule has 1 aliphatic heterocycles. The number of hydrogen-bond acceptors (Lipinski definition) is 9. The number of nitrogens with zero attached hydrogens (tertiary/aromatic N) is 6. The minimum Gasteiger partial charge on any atom is -0.366 e. The molecule has 16 heteroatoms. The van der Waals surface area contributed by atoms with Gasteiger partial charge >= 0.3 is 0 Å². The van der Waals surface area contributed by atoms with Crippen LogP contribution in [0.5, 0.6) is 0 Å². The van der Waals surface area contributed by atoms with Crippen LogP contribution < -0.4 is 9.62 Å². The molecular weight excluding hydrogens is 560 g/mol. The third kappa shape index (κ3) is 4.80. The number of alkyl halides is 2. The number of aromatic nitrogens is 4. The Bertz CT molecular complexity index is 1620. The molecule has 38 heavy (non-hydrogen) atoms. The number of hydrogen-bond donors (Lipinski definition) is 1. The first-order valence-corrected chi connectivity index (χ1v) is 16.4. The van der Waals surface area contributed by atoms with Crippen LogP contribution in [0.1, 0.15) is 55.7 Å². The average molecular weight is 588 g/mol. The SMILES string of the molecule is CC1(NS(=O)(=O)c2cc(N3CCN(S(C)(=O)=O)CC3)c3nc(C4CC4)c(-c4nnc(C(F)F)s4)n3c2)CC1. The largest absolute Gasteiger partial charge is 0.366 e. The number of halogens is 2. The van der Waals surface area contributed by atoms with Gasteiger partial charge < -0.3 is 4.90 Å². The van der Waals surface area contributed by atoms with Gasteiger partial charge in [0.25, 0.3) is 6.43 Å². The zero-order chi connectivity index (χ0) is 27.0. The summed E-state index contributed by atoms with van der Waals surface area (Å²) >= 11 is 0.766. The fraction of sp³-hybridized carbons (Fsp3) is 0.591. The van der Waals surface area contributed by atoms with Crippen molar-refractivity contribution in [2.75, 3.05) is 37.3 Å². The Morgan fingerprint density at radius 3 is 2.34 bits per heavy atom. The second-order valence-electron chi connectivity index (χ2n) is 10.4. The van der Waals surface area contributed by atoms with Crippen molar-refractivity contribution in [3.63, 3.8) is 0 Å². The monoisotopic (exact) mass is 587 g/mol. The van der Waals surface area contributed by atoms with E-state index >= 15 is 0 Å². The smallest absolute Gasteiger partial charge is 0.291 e. The molecule has 3 aromatic heterocycles. The van der Waals surface area contributed by atoms with Gasteiger partial charge in [0.15, 0.2) is 15.7 Å². The van der Waals surface area contributed by atoms with Crippen molar-refractivity contribution < 1.29 is 25.6 Å². The van der Waals surface area contributed by atoms with Gasteiger partial charge in [-0.3, -0.25) is 4.40 Å². The van der Waals surface area contributed by atoms with E-state index in [9.17, 15) is 25.6 Å². The van der Waals surface area contributed by atoms with E-state index in [1.165, 1.54) is 10.5 Å². The molecule has 1 N–H and O–H groups in total. The summed E-state index contributed by atoms with van der Waals surface area (Å²) in [6, 6.07) is 1.57. The number of piperazine rings is 1. The molecule has 2 saturated carbocycles. The summed E-state index contributed by atoms with van der Waals surface area (Å²) in [5, 5.41) is 7.50. The van der Waals surface area contributed by atoms with Crippen LogP contribution in [0.25, 0.3) is 16.3 Å². The van der Waals surface area contributed by atoms with Gasteiger partial charge in [0.05, 0.1) is 17.6 Å². The number of imidazole rings is 1. The lowest BCUT2D eigenvalue weighted by Crippen LogP contribution is -2.48. The average Bonchev–Trinajstić information content (AvgIpc) is 3.72. The fourth-order valence-electron chi connectivity index (χ4n) is 4.71. The van der Waals surface area contributed by atoms with Crippen molar-refractivity contribution in [1.82, 2.24) is 28.6 Å². The van der Waals surface area contributed by atoms with Crippen molar-refractivity contribution in [2.24, 2.45) is 0 Å². The number of anilines is 1. The van der Waals surface area contributed by atoms with Crippen LogP contribution in [0.3, 0.4) is 0 Å². The molecule has 3 aliphatic rings. The first kappa shape index (κ1) is 26.0. The van der Waals surface area contributed by atoms with Crippen molar-refractivity contribution >= 4 is 42.7 Å². The Kier molecular flexibility index (Phi) is 6.07. The summed E-state index contributed by atoms with van der Waals surface area (Å²) in [5.74, 6) is 0.113. The molecule has 0 unspecified atom stereocenters. The van der Waals surface area contributed by atoms with Crippen LogP contribution in [0, 0.1) is 0 Å². The minimum atomic E-state index is -3.93. The number of nitrogens with one attached hydrogen (secondary N) is 1. The fourth-order valence-corrected chi connectivity index (χ4v) is 7.76. The lowest BCUT2D eigenvalue weighted by Gasteiger charge is -2.35. The molecule has 1 saturated heterocycles. The first-order chi connectivity index (χ1) is 17.8. The molecule has 0 amide bonds. The summed E-state index contributed by atoms with van der Waals surface area (Å²) in [4.78, 5) is 6.82. The Morgan fingerprint density at radius 1 is 1.11 bits per heavy atom. The topological polar surface area (TPSA) is 130 Å². The Balaban J connectivity index is 1.52. The van der Waals surface area contributed by atoms with Gasteiger partial charge in [-0.25, -0.2) is 35.3 Å². The second kappa shape index (κ2) is 8.87. The number of pyridine rings is 1. The highest BCUT2D eigenvalue weighted by atomic mass is 32.2. The molecule has 206 valence electrons. The van der Waals surface area contributed by atoms with E-state index in [1.54, 1.807) is 10.5 Å². The molecule has 3 fully saturated rings. The van der Waals surface area contributed by atoms with E-state index in [0.29, 0.717) is 35.8 Å². The first-order valence-electron chi connectivity index (χ1n) is 12.3. The van der Waals surface area contributed by atoms with Gasteiger partial charge in [0, 0.05) is 43.8 Å². The second-order valence-corrected chi connectivity index (χ2v) is 15.1. The number of fused-ring (bicyclic) bond motifs is 1. The third-order valence-corrected chi connectivity index (χ3v) is 11.1. The summed E-state index contributed by atoms with van der Waals surface area (Å²) in [6.07, 6.45) is 3.09. The van der Waals surface area contributed by atoms with Crippen LogP contribution in [0.4, 0.5) is 14.5 Å². The third-order valence-electron chi connectivity index (χ3n) is 7.24. The lowest BCUT2D eigenvalue weighted by molar-refractivity contribution is 0.150. The number of rotatable bonds is 8. The van der Waals surface area contributed by atoms with Gasteiger partial charge in [0.1, 0.15) is 10.6 Å². The highest BCUT2D eigenvalue weighted by Gasteiger charge is 2.42. The van der Waals surface area contributed by atoms with Crippen LogP contribution in [-0.4, -0.2) is 78.7 Å². The lowest BCUT2D eigenvalue weighted by atomic mass is 10.2. The highest BCUT2D eigenvalue weighted by molar-refractivity contribution is 7.89. The maximum absolute atomic E-state index is 13.5. The summed E-state index contributed by atoms with van der Waals surface area (Å²) < 4.78 is 83.5. The molecule has 3 aromatic rings. The van der Waals surface area contributed by atoms with E-state index in [4.69, 9.17) is 4.98 Å². The summed E-state index contributed by atoms with van der Waals surface area (Å²) in [7, 11) is -7.29. The molecular formula is C22H27F2N7O4S3. The Morgan fingerprint density at radius 2 is 1.79 bits per heavy atom. The van der Waals surface area contributed by atoms with Gasteiger partial charge in [-0.15, -0.1) is 10.2 Å². The van der Waals surface area contributed by atoms with Crippen molar-refractivity contribution in [3.8, 4) is 10.7 Å². The molecule has 0 atom stereocenters. The molecule has 11 nitrogen and oxygen atoms in total. The van der Waals surface area contributed by atoms with Gasteiger partial charge in [-0.1, -0.05) is 11.3 Å². The summed E-state index contributed by atoms with van der Waals surface area (Å²) in [5.41, 5.74) is 1.65. The number of sulfonamides is 2. The van der Waals surface area contributed by atoms with E-state index in [-0.39, 0.29) is 28.9 Å². The molecule has 0 bridgehead atoms. The molecule has 2 aliphatic carbocycles. The zero-order valence-electron chi connectivity index (χ0n) is 20.8. The maximum Gasteiger partial charge on any atom is 0.291 e. The zero-order valence-corrected chi connectivity index (χ0v) is 23.2. The van der Waals surface area contributed by atoms with E-state index in [0.717, 1.165) is 43.3 Å². The van der Waals surface area contributed by atoms with Crippen LogP contribution in [0.2, 0.25) is 0 Å². The van der Waals surface area contributed by atoms with Crippen molar-refractivity contribution in [3.05, 3.63) is 23.0 Å². The van der Waals surface area contributed by atoms with Gasteiger partial charge in [-0.2, -0.15) is 4.31 Å². The maximum atomic E-state index is 13.5. The normalized spacial score (nSPS) is 20.5. The quantitative estimate of drug-likeness (QED) is 0.426. The Labute approximate surface area is 223 Å². The van der Waals surface area contributed by atoms with Gasteiger partial charge in [-0.05, 0) is 38.7 Å². The van der Waals surface area contributed by atoms with Crippen LogP contribution in [-0.2, 0) is 20.0 Å². The molecule has 0 spiro atoms. The van der Waals surface area contributed by atoms with Crippen molar-refractivity contribution in [1.29, 1.82) is 0 Å². The van der Waals surface area contributed by atoms with E-state index in [2.05, 4.69) is 14.9 Å². The predicted octanol–water partition coefficient (Wildman–Crippen LogP) is 2.58. The highest BCUT2D eigenvalue weighted by Crippen LogP contribution is 2.46. The predicted molar refractivity (Wildman–Crippen MR) is 138 cm³/mol. The standard InChI is InChI=1S/C22H27F2N7O4S3/c1-22(5-6-22)28-38(34,35)14-11-15(29-7-9-30(10-8-29)37(2,32)33)19-25-16(13-3-4-13)17(31(19)12-14)20-26-27-21(36-20)18(23)24/h11-13,18,28H,3-10H2,1-2H3. The molecule has 0 radical (unpaired) electrons.